The van der Waals surface area contributed by atoms with E-state index in [0.717, 1.165) is 23.0 Å². The summed E-state index contributed by atoms with van der Waals surface area (Å²) in [7, 11) is 0. The highest BCUT2D eigenvalue weighted by atomic mass is 19.1. The van der Waals surface area contributed by atoms with Gasteiger partial charge in [0.25, 0.3) is 11.7 Å². The molecule has 1 saturated heterocycles. The molecule has 0 spiro atoms. The van der Waals surface area contributed by atoms with Gasteiger partial charge >= 0.3 is 0 Å². The number of ketones is 1. The summed E-state index contributed by atoms with van der Waals surface area (Å²) < 4.78 is 28.7. The largest absolute Gasteiger partial charge is 0.507 e. The Morgan fingerprint density at radius 1 is 0.968 bits per heavy atom. The molecule has 4 rings (SSSR count). The lowest BCUT2D eigenvalue weighted by Gasteiger charge is -2.25. The molecule has 0 radical (unpaired) electrons. The zero-order valence-electron chi connectivity index (χ0n) is 16.7. The standard InChI is InChI=1S/C25H19F2NO3/c1-2-15-10-12-16(13-11-15)23(29)21-22(19-8-3-4-9-20(19)27)28(25(31)24(21)30)18-7-5-6-17(26)14-18/h3-14,22,29H,2H2,1H3/b23-21+. The van der Waals surface area contributed by atoms with Gasteiger partial charge in [0.05, 0.1) is 11.6 Å². The van der Waals surface area contributed by atoms with Crippen LogP contribution in [0.2, 0.25) is 0 Å². The molecule has 3 aromatic rings. The number of Topliss-reactive ketones (excluding diaryl/α,β-unsaturated/α-hetero) is 1. The monoisotopic (exact) mass is 419 g/mol. The average Bonchev–Trinajstić information content (AvgIpc) is 3.04. The van der Waals surface area contributed by atoms with Gasteiger partial charge in [0.1, 0.15) is 17.4 Å². The number of hydrogen-bond donors (Lipinski definition) is 1. The minimum Gasteiger partial charge on any atom is -0.507 e. The lowest BCUT2D eigenvalue weighted by Crippen LogP contribution is -2.30. The van der Waals surface area contributed by atoms with Crippen LogP contribution in [0.1, 0.15) is 29.7 Å². The zero-order valence-corrected chi connectivity index (χ0v) is 16.7. The number of amides is 1. The Morgan fingerprint density at radius 2 is 1.68 bits per heavy atom. The molecule has 1 N–H and O–H groups in total. The molecule has 156 valence electrons. The molecule has 1 fully saturated rings. The Hall–Kier alpha value is -3.80. The van der Waals surface area contributed by atoms with Crippen molar-refractivity contribution in [2.24, 2.45) is 0 Å². The molecule has 6 heteroatoms. The maximum absolute atomic E-state index is 14.8. The second-order valence-corrected chi connectivity index (χ2v) is 7.22. The van der Waals surface area contributed by atoms with Gasteiger partial charge in [-0.25, -0.2) is 8.78 Å². The van der Waals surface area contributed by atoms with Gasteiger partial charge in [-0.1, -0.05) is 55.5 Å². The van der Waals surface area contributed by atoms with E-state index in [4.69, 9.17) is 0 Å². The Morgan fingerprint density at radius 3 is 2.32 bits per heavy atom. The van der Waals surface area contributed by atoms with Gasteiger partial charge in [0, 0.05) is 16.8 Å². The fraction of sp³-hybridized carbons (Fsp3) is 0.120. The highest BCUT2D eigenvalue weighted by Crippen LogP contribution is 2.42. The molecule has 1 atom stereocenters. The number of halogens is 2. The predicted molar refractivity (Wildman–Crippen MR) is 113 cm³/mol. The molecular formula is C25H19F2NO3. The third-order valence-electron chi connectivity index (χ3n) is 5.37. The second-order valence-electron chi connectivity index (χ2n) is 7.22. The van der Waals surface area contributed by atoms with Crippen LogP contribution in [0.15, 0.2) is 78.4 Å². The van der Waals surface area contributed by atoms with Crippen molar-refractivity contribution in [3.05, 3.63) is 107 Å². The summed E-state index contributed by atoms with van der Waals surface area (Å²) in [5.41, 5.74) is 1.23. The minimum absolute atomic E-state index is 0.0256. The zero-order chi connectivity index (χ0) is 22.1. The Balaban J connectivity index is 1.95. The molecule has 1 aliphatic rings. The highest BCUT2D eigenvalue weighted by molar-refractivity contribution is 6.51. The average molecular weight is 419 g/mol. The van der Waals surface area contributed by atoms with Crippen LogP contribution in [-0.4, -0.2) is 16.8 Å². The number of anilines is 1. The van der Waals surface area contributed by atoms with Crippen molar-refractivity contribution in [1.29, 1.82) is 0 Å². The van der Waals surface area contributed by atoms with Crippen LogP contribution >= 0.6 is 0 Å². The Kier molecular flexibility index (Phi) is 5.38. The van der Waals surface area contributed by atoms with Gasteiger partial charge in [-0.3, -0.25) is 14.5 Å². The van der Waals surface area contributed by atoms with Gasteiger partial charge in [-0.05, 0) is 36.2 Å². The van der Waals surface area contributed by atoms with Crippen molar-refractivity contribution in [2.45, 2.75) is 19.4 Å². The van der Waals surface area contributed by atoms with E-state index >= 15 is 0 Å². The molecule has 4 nitrogen and oxygen atoms in total. The van der Waals surface area contributed by atoms with Crippen LogP contribution in [-0.2, 0) is 16.0 Å². The van der Waals surface area contributed by atoms with E-state index in [2.05, 4.69) is 0 Å². The van der Waals surface area contributed by atoms with Gasteiger partial charge in [0.2, 0.25) is 0 Å². The third-order valence-corrected chi connectivity index (χ3v) is 5.37. The lowest BCUT2D eigenvalue weighted by atomic mass is 9.94. The van der Waals surface area contributed by atoms with Crippen molar-refractivity contribution >= 4 is 23.1 Å². The van der Waals surface area contributed by atoms with Crippen molar-refractivity contribution in [3.8, 4) is 0 Å². The van der Waals surface area contributed by atoms with Gasteiger partial charge in [-0.15, -0.1) is 0 Å². The SMILES string of the molecule is CCc1ccc(/C(O)=C2\C(=O)C(=O)N(c3cccc(F)c3)C2c2ccccc2F)cc1. The van der Waals surface area contributed by atoms with Gasteiger partial charge < -0.3 is 5.11 Å². The van der Waals surface area contributed by atoms with Crippen molar-refractivity contribution < 1.29 is 23.5 Å². The lowest BCUT2D eigenvalue weighted by molar-refractivity contribution is -0.132. The molecule has 1 heterocycles. The van der Waals surface area contributed by atoms with Crippen molar-refractivity contribution in [1.82, 2.24) is 0 Å². The number of carbonyl (C=O) groups excluding carboxylic acids is 2. The Bertz CT molecular complexity index is 1200. The highest BCUT2D eigenvalue weighted by Gasteiger charge is 2.47. The summed E-state index contributed by atoms with van der Waals surface area (Å²) in [6.45, 7) is 1.98. The predicted octanol–water partition coefficient (Wildman–Crippen LogP) is 5.15. The number of benzene rings is 3. The maximum Gasteiger partial charge on any atom is 0.300 e. The fourth-order valence-electron chi connectivity index (χ4n) is 3.77. The van der Waals surface area contributed by atoms with E-state index < -0.39 is 35.1 Å². The number of aryl methyl sites for hydroxylation is 1. The van der Waals surface area contributed by atoms with E-state index in [1.807, 2.05) is 6.92 Å². The first kappa shape index (κ1) is 20.5. The summed E-state index contributed by atoms with van der Waals surface area (Å²) in [6.07, 6.45) is 0.792. The molecule has 31 heavy (non-hydrogen) atoms. The van der Waals surface area contributed by atoms with E-state index in [-0.39, 0.29) is 16.8 Å². The van der Waals surface area contributed by atoms with Crippen LogP contribution < -0.4 is 4.90 Å². The van der Waals surface area contributed by atoms with Gasteiger partial charge in [-0.2, -0.15) is 0 Å². The van der Waals surface area contributed by atoms with Crippen LogP contribution in [0.4, 0.5) is 14.5 Å². The fourth-order valence-corrected chi connectivity index (χ4v) is 3.77. The topological polar surface area (TPSA) is 57.6 Å². The molecule has 1 aliphatic heterocycles. The molecule has 0 bridgehead atoms. The molecule has 0 aromatic heterocycles. The quantitative estimate of drug-likeness (QED) is 0.361. The number of hydrogen-bond acceptors (Lipinski definition) is 3. The number of aliphatic hydroxyl groups is 1. The third kappa shape index (κ3) is 3.61. The van der Waals surface area contributed by atoms with E-state index in [0.29, 0.717) is 5.56 Å². The maximum atomic E-state index is 14.8. The van der Waals surface area contributed by atoms with Crippen LogP contribution in [0.5, 0.6) is 0 Å². The smallest absolute Gasteiger partial charge is 0.300 e. The number of aliphatic hydroxyl groups excluding tert-OH is 1. The second kappa shape index (κ2) is 8.14. The number of carbonyl (C=O) groups is 2. The van der Waals surface area contributed by atoms with E-state index in [9.17, 15) is 23.5 Å². The first-order valence-corrected chi connectivity index (χ1v) is 9.82. The first-order chi connectivity index (χ1) is 14.9. The molecule has 1 unspecified atom stereocenters. The molecule has 0 aliphatic carbocycles. The van der Waals surface area contributed by atoms with Gasteiger partial charge in [0.15, 0.2) is 0 Å². The first-order valence-electron chi connectivity index (χ1n) is 9.82. The number of rotatable bonds is 4. The van der Waals surface area contributed by atoms with E-state index in [1.165, 1.54) is 36.4 Å². The Labute approximate surface area is 178 Å². The van der Waals surface area contributed by atoms with E-state index in [1.54, 1.807) is 30.3 Å². The summed E-state index contributed by atoms with van der Waals surface area (Å²) in [5.74, 6) is -3.60. The van der Waals surface area contributed by atoms with Crippen LogP contribution in [0.25, 0.3) is 5.76 Å². The van der Waals surface area contributed by atoms with Crippen molar-refractivity contribution in [3.63, 3.8) is 0 Å². The minimum atomic E-state index is -1.24. The summed E-state index contributed by atoms with van der Waals surface area (Å²) in [5, 5.41) is 11.0. The summed E-state index contributed by atoms with van der Waals surface area (Å²) in [4.78, 5) is 27.0. The molecular weight excluding hydrogens is 400 g/mol. The van der Waals surface area contributed by atoms with Crippen LogP contribution in [0, 0.1) is 11.6 Å². The summed E-state index contributed by atoms with van der Waals surface area (Å²) in [6, 6.07) is 16.5. The normalized spacial score (nSPS) is 17.9. The molecule has 3 aromatic carbocycles. The molecule has 1 amide bonds. The number of nitrogens with zero attached hydrogens (tertiary/aromatic N) is 1. The summed E-state index contributed by atoms with van der Waals surface area (Å²) >= 11 is 0. The molecule has 0 saturated carbocycles. The van der Waals surface area contributed by atoms with Crippen molar-refractivity contribution in [2.75, 3.05) is 4.90 Å². The van der Waals surface area contributed by atoms with Crippen LogP contribution in [0.3, 0.4) is 0 Å².